The Morgan fingerprint density at radius 3 is 2.01 bits per heavy atom. The van der Waals surface area contributed by atoms with Crippen molar-refractivity contribution in [1.29, 1.82) is 0 Å². The Morgan fingerprint density at radius 2 is 1.35 bits per heavy atom. The quantitative estimate of drug-likeness (QED) is 0.0575. The second kappa shape index (κ2) is 26.1. The summed E-state index contributed by atoms with van der Waals surface area (Å²) in [6.07, 6.45) is 5.93. The molecule has 2 fully saturated rings. The molecule has 0 aliphatic carbocycles. The average molecular weight is 1120 g/mol. The van der Waals surface area contributed by atoms with Crippen LogP contribution in [-0.4, -0.2) is 166 Å². The van der Waals surface area contributed by atoms with E-state index in [4.69, 9.17) is 33.2 Å². The van der Waals surface area contributed by atoms with Gasteiger partial charge in [-0.3, -0.25) is 29.0 Å². The van der Waals surface area contributed by atoms with Gasteiger partial charge in [-0.25, -0.2) is 0 Å². The summed E-state index contributed by atoms with van der Waals surface area (Å²) in [5.74, 6) is 0.555. The van der Waals surface area contributed by atoms with Crippen LogP contribution in [0, 0.1) is 0 Å². The molecule has 18 nitrogen and oxygen atoms in total. The lowest BCUT2D eigenvalue weighted by molar-refractivity contribution is -0.125. The molecule has 2 saturated heterocycles. The fraction of sp³-hybridized carbons (Fsp3) is 0.569. The van der Waals surface area contributed by atoms with Gasteiger partial charge < -0.3 is 58.5 Å². The molecule has 20 heteroatoms. The number of hydrogen-bond donors (Lipinski definition) is 2. The Labute approximate surface area is 433 Å². The monoisotopic (exact) mass is 1110 g/mol. The molecule has 0 bridgehead atoms. The number of benzene rings is 2. The lowest BCUT2D eigenvalue weighted by Crippen LogP contribution is -2.45. The smallest absolute Gasteiger partial charge is 0.257 e. The van der Waals surface area contributed by atoms with E-state index < -0.39 is 9.65 Å². The number of nitrogens with zero attached hydrogens (tertiary/aromatic N) is 4. The van der Waals surface area contributed by atoms with Crippen molar-refractivity contribution in [3.05, 3.63) is 59.7 Å². The van der Waals surface area contributed by atoms with Crippen LogP contribution >= 0.6 is 31.9 Å². The Bertz CT molecular complexity index is 2310. The fourth-order valence-electron chi connectivity index (χ4n) is 8.82. The molecule has 2 aromatic carbocycles. The maximum absolute atomic E-state index is 14.0. The van der Waals surface area contributed by atoms with Crippen LogP contribution in [0.25, 0.3) is 0 Å². The van der Waals surface area contributed by atoms with Gasteiger partial charge in [-0.2, -0.15) is 0 Å². The number of carbonyl (C=O) groups excluding carboxylic acids is 5. The Balaban J connectivity index is 0.941. The topological polar surface area (TPSA) is 196 Å². The molecular weight excluding hydrogens is 1050 g/mol. The number of halogens is 2. The number of rotatable bonds is 27. The van der Waals surface area contributed by atoms with Crippen molar-refractivity contribution in [2.75, 3.05) is 98.1 Å². The van der Waals surface area contributed by atoms with Crippen molar-refractivity contribution >= 4 is 79.0 Å². The fourth-order valence-corrected chi connectivity index (χ4v) is 9.62. The van der Waals surface area contributed by atoms with Crippen molar-refractivity contribution < 1.29 is 57.1 Å². The zero-order chi connectivity index (χ0) is 51.2. The molecule has 0 aromatic heterocycles. The van der Waals surface area contributed by atoms with Crippen molar-refractivity contribution in [2.24, 2.45) is 4.99 Å². The Kier molecular flexibility index (Phi) is 20.3. The molecule has 4 atom stereocenters. The largest absolute Gasteiger partial charge is 0.493 e. The molecule has 0 spiro atoms. The van der Waals surface area contributed by atoms with Crippen LogP contribution in [0.4, 0.5) is 11.4 Å². The number of methoxy groups -OCH3 is 2. The van der Waals surface area contributed by atoms with Gasteiger partial charge in [-0.15, -0.1) is 0 Å². The van der Waals surface area contributed by atoms with E-state index in [2.05, 4.69) is 60.6 Å². The van der Waals surface area contributed by atoms with E-state index in [0.717, 1.165) is 17.6 Å². The highest BCUT2D eigenvalue weighted by atomic mass is 79.9. The molecule has 2 aromatic rings. The summed E-state index contributed by atoms with van der Waals surface area (Å²) in [4.78, 5) is 74.8. The summed E-state index contributed by atoms with van der Waals surface area (Å²) in [5, 5.41) is 5.59. The lowest BCUT2D eigenvalue weighted by atomic mass is 10.1. The number of alkyl halides is 2. The van der Waals surface area contributed by atoms with Gasteiger partial charge in [-0.1, -0.05) is 56.2 Å². The molecule has 0 radical (unpaired) electrons. The molecule has 4 aliphatic rings. The zero-order valence-electron chi connectivity index (χ0n) is 41.5. The molecular formula is C51H68Br2N6O12. The number of nitrogens with one attached hydrogen (secondary N) is 2. The van der Waals surface area contributed by atoms with Crippen LogP contribution in [0.3, 0.4) is 0 Å². The molecule has 5 amide bonds. The number of unbranched alkanes of at least 4 members (excludes halogenated alkanes) is 2. The van der Waals surface area contributed by atoms with Crippen LogP contribution in [0.1, 0.15) is 86.4 Å². The molecule has 388 valence electrons. The van der Waals surface area contributed by atoms with Crippen LogP contribution in [0.15, 0.2) is 53.6 Å². The van der Waals surface area contributed by atoms with Crippen LogP contribution < -0.4 is 34.5 Å². The van der Waals surface area contributed by atoms with Gasteiger partial charge in [0.2, 0.25) is 17.7 Å². The molecule has 6 rings (SSSR count). The van der Waals surface area contributed by atoms with Crippen LogP contribution in [0.5, 0.6) is 23.0 Å². The third-order valence-electron chi connectivity index (χ3n) is 12.6. The van der Waals surface area contributed by atoms with Crippen LogP contribution in [0.2, 0.25) is 0 Å². The zero-order valence-corrected chi connectivity index (χ0v) is 44.7. The lowest BCUT2D eigenvalue weighted by Gasteiger charge is -2.26. The van der Waals surface area contributed by atoms with Crippen molar-refractivity contribution in [3.8, 4) is 23.0 Å². The van der Waals surface area contributed by atoms with E-state index in [1.807, 2.05) is 20.8 Å². The second-order valence-electron chi connectivity index (χ2n) is 18.4. The summed E-state index contributed by atoms with van der Waals surface area (Å²) in [5.41, 5.74) is 3.35. The van der Waals surface area contributed by atoms with Crippen LogP contribution in [-0.2, 0) is 28.6 Å². The van der Waals surface area contributed by atoms with Gasteiger partial charge in [-0.05, 0) is 71.4 Å². The van der Waals surface area contributed by atoms with E-state index in [1.54, 1.807) is 52.3 Å². The first kappa shape index (κ1) is 55.3. The maximum Gasteiger partial charge on any atom is 0.257 e. The summed E-state index contributed by atoms with van der Waals surface area (Å²) < 4.78 is 40.7. The highest BCUT2D eigenvalue weighted by Gasteiger charge is 2.40. The number of carbonyl (C=O) groups is 5. The summed E-state index contributed by atoms with van der Waals surface area (Å²) in [6, 6.07) is 6.46. The first-order chi connectivity index (χ1) is 34.0. The number of aliphatic imine (C=N–C) groups is 1. The van der Waals surface area contributed by atoms with Gasteiger partial charge >= 0.3 is 0 Å². The minimum absolute atomic E-state index is 0.0537. The Hall–Kier alpha value is -5.02. The van der Waals surface area contributed by atoms with Crippen molar-refractivity contribution in [1.82, 2.24) is 20.4 Å². The number of ether oxygens (including phenoxy) is 7. The average Bonchev–Trinajstić information content (AvgIpc) is 3.86. The standard InChI is InChI=1S/C51H68Br2N6O12/c1-8-71-51(4,5)13-14-54-47(61)45(52)46(53)48(62)55-15-19-68-21-20-67-18-12-44(60)59-31-35-23-33(3)30-58(35)50(64)37-25-41(66-7)43(27-39(37)59)70-17-11-9-10-16-69-42-26-38-36(24-40(42)65-6)49(63)57-29-32(2)22-34(57)28-56-38/h24-28,34-35,45-46H,2-3,8-23,29-31H2,1,4-7H3,(H,54,61)(H,55,62)/t34-,35-,45?,46?/m0/s1. The summed E-state index contributed by atoms with van der Waals surface area (Å²) in [6.45, 7) is 18.0. The number of hydrogen-bond acceptors (Lipinski definition) is 13. The van der Waals surface area contributed by atoms with E-state index in [0.29, 0.717) is 117 Å². The van der Waals surface area contributed by atoms with Crippen molar-refractivity contribution in [2.45, 2.75) is 93.1 Å². The molecule has 4 aliphatic heterocycles. The van der Waals surface area contributed by atoms with Gasteiger partial charge in [0.15, 0.2) is 23.0 Å². The molecule has 2 unspecified atom stereocenters. The minimum atomic E-state index is -0.798. The van der Waals surface area contributed by atoms with E-state index in [-0.39, 0.29) is 93.2 Å². The predicted molar refractivity (Wildman–Crippen MR) is 277 cm³/mol. The van der Waals surface area contributed by atoms with E-state index >= 15 is 0 Å². The van der Waals surface area contributed by atoms with Gasteiger partial charge in [0, 0.05) is 57.7 Å². The number of anilines is 1. The third kappa shape index (κ3) is 14.6. The highest BCUT2D eigenvalue weighted by molar-refractivity contribution is 9.12. The molecule has 2 N–H and O–H groups in total. The first-order valence-electron chi connectivity index (χ1n) is 24.2. The van der Waals surface area contributed by atoms with E-state index in [9.17, 15) is 24.0 Å². The van der Waals surface area contributed by atoms with Crippen molar-refractivity contribution in [3.63, 3.8) is 0 Å². The normalized spacial score (nSPS) is 18.2. The number of fused-ring (bicyclic) bond motifs is 4. The third-order valence-corrected chi connectivity index (χ3v) is 15.2. The van der Waals surface area contributed by atoms with E-state index in [1.165, 1.54) is 7.11 Å². The molecule has 4 heterocycles. The van der Waals surface area contributed by atoms with Gasteiger partial charge in [0.25, 0.3) is 11.8 Å². The van der Waals surface area contributed by atoms with Gasteiger partial charge in [0.1, 0.15) is 9.65 Å². The second-order valence-corrected chi connectivity index (χ2v) is 20.4. The highest BCUT2D eigenvalue weighted by Crippen LogP contribution is 2.41. The van der Waals surface area contributed by atoms with Gasteiger partial charge in [0.05, 0.1) is 100 Å². The molecule has 71 heavy (non-hydrogen) atoms. The summed E-state index contributed by atoms with van der Waals surface area (Å²) in [7, 11) is 3.06. The first-order valence-corrected chi connectivity index (χ1v) is 26.0. The molecule has 0 saturated carbocycles. The maximum atomic E-state index is 14.0. The summed E-state index contributed by atoms with van der Waals surface area (Å²) >= 11 is 6.63. The minimum Gasteiger partial charge on any atom is -0.493 e. The number of amides is 5. The Morgan fingerprint density at radius 1 is 0.761 bits per heavy atom. The SMILES string of the molecule is C=C1C[C@H]2CN(C(=O)CCOCCOCCNC(=O)C(Br)C(Br)C(=O)NCCC(C)(C)OCC)c3cc(OCCCCCOc4cc5c(cc4OC)C(=O)N4CC(=C)C[C@H]4C=N5)c(OC)cc3C(=O)N2C1. The predicted octanol–water partition coefficient (Wildman–Crippen LogP) is 6.32.